The fraction of sp³-hybridized carbons (Fsp3) is 0.444. The summed E-state index contributed by atoms with van der Waals surface area (Å²) in [6.45, 7) is 3.51. The van der Waals surface area contributed by atoms with E-state index in [1.54, 1.807) is 13.8 Å². The summed E-state index contributed by atoms with van der Waals surface area (Å²) in [5.74, 6) is -0.371. The molecule has 1 atom stereocenters. The van der Waals surface area contributed by atoms with E-state index in [1.807, 2.05) is 0 Å². The largest absolute Gasteiger partial charge is 0.409 e. The van der Waals surface area contributed by atoms with E-state index in [0.29, 0.717) is 8.81 Å². The van der Waals surface area contributed by atoms with Crippen molar-refractivity contribution in [1.82, 2.24) is 4.72 Å². The number of thiophene rings is 1. The molecule has 0 fully saturated rings. The number of amidine groups is 1. The molecular formula is C9H13BrClN3O3S2. The second kappa shape index (κ2) is 6.40. The summed E-state index contributed by atoms with van der Waals surface area (Å²) < 4.78 is 27.3. The van der Waals surface area contributed by atoms with Gasteiger partial charge in [-0.25, -0.2) is 8.42 Å². The van der Waals surface area contributed by atoms with Gasteiger partial charge in [0.25, 0.3) is 10.0 Å². The fourth-order valence-corrected chi connectivity index (χ4v) is 5.06. The quantitative estimate of drug-likeness (QED) is 0.310. The van der Waals surface area contributed by atoms with Crippen molar-refractivity contribution >= 4 is 54.7 Å². The lowest BCUT2D eigenvalue weighted by Gasteiger charge is -2.20. The van der Waals surface area contributed by atoms with Crippen LogP contribution in [-0.2, 0) is 10.0 Å². The first kappa shape index (κ1) is 16.7. The molecule has 4 N–H and O–H groups in total. The first-order valence-electron chi connectivity index (χ1n) is 5.13. The number of sulfonamides is 1. The zero-order valence-electron chi connectivity index (χ0n) is 10.1. The highest BCUT2D eigenvalue weighted by atomic mass is 79.9. The molecule has 108 valence electrons. The molecule has 0 radical (unpaired) electrons. The summed E-state index contributed by atoms with van der Waals surface area (Å²) in [5.41, 5.74) is 5.48. The van der Waals surface area contributed by atoms with Crippen molar-refractivity contribution in [3.8, 4) is 0 Å². The first-order valence-corrected chi connectivity index (χ1v) is 8.60. The van der Waals surface area contributed by atoms with Gasteiger partial charge in [-0.3, -0.25) is 0 Å². The van der Waals surface area contributed by atoms with Gasteiger partial charge in [0, 0.05) is 0 Å². The minimum absolute atomic E-state index is 0.0563. The maximum Gasteiger partial charge on any atom is 0.250 e. The van der Waals surface area contributed by atoms with Gasteiger partial charge in [0.05, 0.1) is 14.9 Å². The molecule has 0 amide bonds. The number of nitrogens with one attached hydrogen (secondary N) is 1. The Balaban J connectivity index is 3.07. The molecule has 1 aromatic heterocycles. The summed E-state index contributed by atoms with van der Waals surface area (Å²) >= 11 is 9.94. The molecule has 10 heteroatoms. The monoisotopic (exact) mass is 389 g/mol. The van der Waals surface area contributed by atoms with Crippen molar-refractivity contribution in [3.05, 3.63) is 14.9 Å². The molecule has 0 bridgehead atoms. The Morgan fingerprint density at radius 2 is 2.21 bits per heavy atom. The second-order valence-corrected chi connectivity index (χ2v) is 8.77. The normalized spacial score (nSPS) is 14.9. The van der Waals surface area contributed by atoms with E-state index in [2.05, 4.69) is 25.8 Å². The van der Waals surface area contributed by atoms with Crippen molar-refractivity contribution in [2.75, 3.05) is 0 Å². The fourth-order valence-electron chi connectivity index (χ4n) is 1.28. The maximum absolute atomic E-state index is 12.2. The summed E-state index contributed by atoms with van der Waals surface area (Å²) in [6.07, 6.45) is 0. The molecular weight excluding hydrogens is 378 g/mol. The van der Waals surface area contributed by atoms with Gasteiger partial charge in [-0.05, 0) is 27.9 Å². The van der Waals surface area contributed by atoms with Gasteiger partial charge in [0.15, 0.2) is 5.84 Å². The van der Waals surface area contributed by atoms with E-state index in [4.69, 9.17) is 22.5 Å². The van der Waals surface area contributed by atoms with Crippen LogP contribution in [0.5, 0.6) is 0 Å². The van der Waals surface area contributed by atoms with E-state index in [0.717, 1.165) is 11.3 Å². The molecule has 1 unspecified atom stereocenters. The number of halogens is 2. The lowest BCUT2D eigenvalue weighted by Crippen LogP contribution is -2.47. The third-order valence-electron chi connectivity index (χ3n) is 2.27. The van der Waals surface area contributed by atoms with Crippen molar-refractivity contribution in [1.29, 1.82) is 0 Å². The Bertz CT molecular complexity index is 566. The summed E-state index contributed by atoms with van der Waals surface area (Å²) in [6, 6.07) is 0.539. The van der Waals surface area contributed by atoms with Gasteiger partial charge in [-0.1, -0.05) is 30.6 Å². The molecule has 19 heavy (non-hydrogen) atoms. The zero-order chi connectivity index (χ0) is 14.8. The van der Waals surface area contributed by atoms with Crippen LogP contribution in [0.2, 0.25) is 5.02 Å². The van der Waals surface area contributed by atoms with Crippen molar-refractivity contribution in [2.24, 2.45) is 16.8 Å². The van der Waals surface area contributed by atoms with E-state index in [-0.39, 0.29) is 16.0 Å². The van der Waals surface area contributed by atoms with Crippen molar-refractivity contribution in [3.63, 3.8) is 0 Å². The Morgan fingerprint density at radius 1 is 1.63 bits per heavy atom. The molecule has 1 aromatic rings. The molecule has 0 aliphatic rings. The van der Waals surface area contributed by atoms with Crippen LogP contribution in [0.3, 0.4) is 0 Å². The molecule has 0 spiro atoms. The molecule has 6 nitrogen and oxygen atoms in total. The smallest absolute Gasteiger partial charge is 0.250 e. The lowest BCUT2D eigenvalue weighted by atomic mass is 10.1. The lowest BCUT2D eigenvalue weighted by molar-refractivity contribution is 0.313. The second-order valence-electron chi connectivity index (χ2n) is 4.05. The van der Waals surface area contributed by atoms with Crippen molar-refractivity contribution in [2.45, 2.75) is 24.1 Å². The maximum atomic E-state index is 12.2. The van der Waals surface area contributed by atoms with Gasteiger partial charge in [-0.15, -0.1) is 11.3 Å². The van der Waals surface area contributed by atoms with Crippen LogP contribution in [-0.4, -0.2) is 25.5 Å². The standard InChI is InChI=1S/C9H13BrClN3O3S2/c1-4(2)7(9(12)13-15)14-19(16,17)6-3-5(11)8(10)18-6/h3-4,7,14-15H,1-2H3,(H2,12,13). The first-order chi connectivity index (χ1) is 8.69. The molecule has 0 aliphatic carbocycles. The van der Waals surface area contributed by atoms with Crippen LogP contribution in [0.4, 0.5) is 0 Å². The average Bonchev–Trinajstić information content (AvgIpc) is 2.66. The molecule has 0 saturated heterocycles. The SMILES string of the molecule is CC(C)C(NS(=O)(=O)c1cc(Cl)c(Br)s1)C(N)=NO. The van der Waals surface area contributed by atoms with Crippen LogP contribution in [0.1, 0.15) is 13.8 Å². The number of nitrogens with two attached hydrogens (primary N) is 1. The highest BCUT2D eigenvalue weighted by Gasteiger charge is 2.27. The third kappa shape index (κ3) is 4.06. The van der Waals surface area contributed by atoms with Gasteiger partial charge in [0.2, 0.25) is 0 Å². The van der Waals surface area contributed by atoms with Gasteiger partial charge in [-0.2, -0.15) is 4.72 Å². The van der Waals surface area contributed by atoms with E-state index in [1.165, 1.54) is 6.07 Å². The predicted octanol–water partition coefficient (Wildman–Crippen LogP) is 2.21. The molecule has 0 aliphatic heterocycles. The van der Waals surface area contributed by atoms with E-state index >= 15 is 0 Å². The Hall–Kier alpha value is -0.350. The Morgan fingerprint density at radius 3 is 2.58 bits per heavy atom. The predicted molar refractivity (Wildman–Crippen MR) is 79.4 cm³/mol. The van der Waals surface area contributed by atoms with E-state index in [9.17, 15) is 8.42 Å². The number of oxime groups is 1. The topological polar surface area (TPSA) is 105 Å². The average molecular weight is 391 g/mol. The summed E-state index contributed by atoms with van der Waals surface area (Å²) in [4.78, 5) is 0. The molecule has 0 saturated carbocycles. The zero-order valence-corrected chi connectivity index (χ0v) is 14.1. The van der Waals surface area contributed by atoms with Gasteiger partial charge < -0.3 is 10.9 Å². The van der Waals surface area contributed by atoms with Crippen LogP contribution >= 0.6 is 38.9 Å². The van der Waals surface area contributed by atoms with Gasteiger partial charge >= 0.3 is 0 Å². The Kier molecular flexibility index (Phi) is 5.63. The summed E-state index contributed by atoms with van der Waals surface area (Å²) in [7, 11) is -3.78. The number of hydrogen-bond donors (Lipinski definition) is 3. The van der Waals surface area contributed by atoms with Crippen LogP contribution < -0.4 is 10.5 Å². The van der Waals surface area contributed by atoms with Crippen LogP contribution in [0.15, 0.2) is 19.2 Å². The van der Waals surface area contributed by atoms with Gasteiger partial charge in [0.1, 0.15) is 4.21 Å². The van der Waals surface area contributed by atoms with Crippen molar-refractivity contribution < 1.29 is 13.6 Å². The molecule has 1 heterocycles. The van der Waals surface area contributed by atoms with E-state index < -0.39 is 16.1 Å². The Labute approximate surface area is 128 Å². The number of nitrogens with zero attached hydrogens (tertiary/aromatic N) is 1. The third-order valence-corrected chi connectivity index (χ3v) is 6.66. The highest BCUT2D eigenvalue weighted by molar-refractivity contribution is 9.11. The highest BCUT2D eigenvalue weighted by Crippen LogP contribution is 2.34. The molecule has 1 rings (SSSR count). The minimum atomic E-state index is -3.78. The summed E-state index contributed by atoms with van der Waals surface area (Å²) in [5, 5.41) is 11.8. The van der Waals surface area contributed by atoms with Crippen LogP contribution in [0.25, 0.3) is 0 Å². The molecule has 0 aromatic carbocycles. The minimum Gasteiger partial charge on any atom is -0.409 e. The van der Waals surface area contributed by atoms with Crippen LogP contribution in [0, 0.1) is 5.92 Å². The number of hydrogen-bond acceptors (Lipinski definition) is 5. The number of rotatable bonds is 5.